The van der Waals surface area contributed by atoms with Crippen molar-refractivity contribution < 1.29 is 14.7 Å². The van der Waals surface area contributed by atoms with Crippen LogP contribution in [0.1, 0.15) is 33.6 Å². The van der Waals surface area contributed by atoms with Crippen LogP contribution in [0, 0.1) is 0 Å². The summed E-state index contributed by atoms with van der Waals surface area (Å²) in [5, 5.41) is 13.8. The van der Waals surface area contributed by atoms with Crippen LogP contribution in [-0.4, -0.2) is 29.2 Å². The summed E-state index contributed by atoms with van der Waals surface area (Å²) in [6, 6.07) is -0.321. The van der Waals surface area contributed by atoms with E-state index in [-0.39, 0.29) is 12.5 Å². The first-order valence-corrected chi connectivity index (χ1v) is 4.65. The quantitative estimate of drug-likeness (QED) is 0.621. The van der Waals surface area contributed by atoms with Gasteiger partial charge in [0.1, 0.15) is 0 Å². The second kappa shape index (κ2) is 5.47. The third-order valence-corrected chi connectivity index (χ3v) is 1.58. The largest absolute Gasteiger partial charge is 0.481 e. The molecule has 0 saturated carbocycles. The Morgan fingerprint density at radius 1 is 1.36 bits per heavy atom. The number of carboxylic acid groups (broad SMARTS) is 1. The topological polar surface area (TPSA) is 78.4 Å². The lowest BCUT2D eigenvalue weighted by Gasteiger charge is -2.24. The van der Waals surface area contributed by atoms with Gasteiger partial charge in [0.2, 0.25) is 0 Å². The van der Waals surface area contributed by atoms with E-state index in [0.29, 0.717) is 6.54 Å². The molecule has 0 aliphatic heterocycles. The molecule has 0 aliphatic carbocycles. The van der Waals surface area contributed by atoms with E-state index in [1.54, 1.807) is 13.8 Å². The van der Waals surface area contributed by atoms with Crippen LogP contribution in [0.5, 0.6) is 0 Å². The maximum absolute atomic E-state index is 11.2. The normalized spacial score (nSPS) is 10.8. The number of hydrogen-bond acceptors (Lipinski definition) is 2. The molecule has 0 spiro atoms. The van der Waals surface area contributed by atoms with Gasteiger partial charge in [-0.3, -0.25) is 4.79 Å². The molecule has 0 bridgehead atoms. The van der Waals surface area contributed by atoms with Gasteiger partial charge in [-0.2, -0.15) is 0 Å². The average molecular weight is 202 g/mol. The van der Waals surface area contributed by atoms with Gasteiger partial charge in [0.05, 0.1) is 6.42 Å². The van der Waals surface area contributed by atoms with Gasteiger partial charge in [-0.05, 0) is 20.3 Å². The van der Waals surface area contributed by atoms with Crippen molar-refractivity contribution in [2.24, 2.45) is 0 Å². The van der Waals surface area contributed by atoms with Crippen molar-refractivity contribution in [1.29, 1.82) is 0 Å². The molecule has 0 rings (SSSR count). The van der Waals surface area contributed by atoms with Crippen molar-refractivity contribution in [2.45, 2.75) is 39.2 Å². The van der Waals surface area contributed by atoms with Gasteiger partial charge < -0.3 is 15.7 Å². The number of carbonyl (C=O) groups is 2. The van der Waals surface area contributed by atoms with Gasteiger partial charge in [0, 0.05) is 12.1 Å². The number of carboxylic acids is 1. The standard InChI is InChI=1S/C9H18N2O3/c1-4-5-10-8(14)11-9(2,3)6-7(12)13/h4-6H2,1-3H3,(H,12,13)(H2,10,11,14). The van der Waals surface area contributed by atoms with E-state index >= 15 is 0 Å². The van der Waals surface area contributed by atoms with E-state index in [1.165, 1.54) is 0 Å². The Hall–Kier alpha value is -1.26. The molecular formula is C9H18N2O3. The molecule has 0 aromatic heterocycles. The first kappa shape index (κ1) is 12.7. The molecule has 0 aromatic rings. The number of rotatable bonds is 5. The van der Waals surface area contributed by atoms with Crippen LogP contribution in [0.2, 0.25) is 0 Å². The minimum atomic E-state index is -0.925. The number of nitrogens with one attached hydrogen (secondary N) is 2. The van der Waals surface area contributed by atoms with E-state index in [1.807, 2.05) is 6.92 Å². The fourth-order valence-electron chi connectivity index (χ4n) is 1.01. The summed E-state index contributed by atoms with van der Waals surface area (Å²) in [5.74, 6) is -0.925. The SMILES string of the molecule is CCCNC(=O)NC(C)(C)CC(=O)O. The maximum atomic E-state index is 11.2. The summed E-state index contributed by atoms with van der Waals surface area (Å²) in [5.41, 5.74) is -0.719. The monoisotopic (exact) mass is 202 g/mol. The summed E-state index contributed by atoms with van der Waals surface area (Å²) in [6.45, 7) is 5.89. The Balaban J connectivity index is 3.95. The van der Waals surface area contributed by atoms with Crippen LogP contribution in [0.25, 0.3) is 0 Å². The minimum absolute atomic E-state index is 0.0907. The van der Waals surface area contributed by atoms with Gasteiger partial charge in [-0.1, -0.05) is 6.92 Å². The van der Waals surface area contributed by atoms with Crippen molar-refractivity contribution in [1.82, 2.24) is 10.6 Å². The van der Waals surface area contributed by atoms with E-state index in [2.05, 4.69) is 10.6 Å². The Kier molecular flexibility index (Phi) is 4.97. The average Bonchev–Trinajstić information content (AvgIpc) is 1.96. The third kappa shape index (κ3) is 6.28. The molecule has 0 radical (unpaired) electrons. The fraction of sp³-hybridized carbons (Fsp3) is 0.778. The van der Waals surface area contributed by atoms with E-state index in [0.717, 1.165) is 6.42 Å². The molecule has 0 aromatic carbocycles. The van der Waals surface area contributed by atoms with Gasteiger partial charge in [-0.15, -0.1) is 0 Å². The highest BCUT2D eigenvalue weighted by Gasteiger charge is 2.23. The summed E-state index contributed by atoms with van der Waals surface area (Å²) in [7, 11) is 0. The summed E-state index contributed by atoms with van der Waals surface area (Å²) in [6.07, 6.45) is 0.763. The zero-order valence-electron chi connectivity index (χ0n) is 8.89. The molecule has 0 unspecified atom stereocenters. The Bertz CT molecular complexity index is 214. The second-order valence-electron chi connectivity index (χ2n) is 3.84. The number of aliphatic carboxylic acids is 1. The summed E-state index contributed by atoms with van der Waals surface area (Å²) < 4.78 is 0. The van der Waals surface area contributed by atoms with Gasteiger partial charge >= 0.3 is 12.0 Å². The van der Waals surface area contributed by atoms with Crippen LogP contribution < -0.4 is 10.6 Å². The highest BCUT2D eigenvalue weighted by Crippen LogP contribution is 2.07. The zero-order chi connectivity index (χ0) is 11.2. The lowest BCUT2D eigenvalue weighted by molar-refractivity contribution is -0.138. The van der Waals surface area contributed by atoms with Crippen LogP contribution in [-0.2, 0) is 4.79 Å². The third-order valence-electron chi connectivity index (χ3n) is 1.58. The van der Waals surface area contributed by atoms with Crippen molar-refractivity contribution in [3.8, 4) is 0 Å². The molecule has 0 atom stereocenters. The molecule has 0 aliphatic rings. The van der Waals surface area contributed by atoms with Crippen LogP contribution in [0.4, 0.5) is 4.79 Å². The van der Waals surface area contributed by atoms with Crippen molar-refractivity contribution >= 4 is 12.0 Å². The van der Waals surface area contributed by atoms with Gasteiger partial charge in [0.15, 0.2) is 0 Å². The van der Waals surface area contributed by atoms with Crippen molar-refractivity contribution in [3.63, 3.8) is 0 Å². The van der Waals surface area contributed by atoms with Crippen LogP contribution in [0.3, 0.4) is 0 Å². The van der Waals surface area contributed by atoms with Crippen LogP contribution >= 0.6 is 0 Å². The summed E-state index contributed by atoms with van der Waals surface area (Å²) >= 11 is 0. The highest BCUT2D eigenvalue weighted by atomic mass is 16.4. The molecule has 14 heavy (non-hydrogen) atoms. The molecule has 2 amide bonds. The van der Waals surface area contributed by atoms with E-state index in [9.17, 15) is 9.59 Å². The van der Waals surface area contributed by atoms with Gasteiger partial charge in [0.25, 0.3) is 0 Å². The molecule has 0 fully saturated rings. The highest BCUT2D eigenvalue weighted by molar-refractivity contribution is 5.76. The minimum Gasteiger partial charge on any atom is -0.481 e. The van der Waals surface area contributed by atoms with Gasteiger partial charge in [-0.25, -0.2) is 4.79 Å². The first-order chi connectivity index (χ1) is 6.37. The molecule has 5 heteroatoms. The second-order valence-corrected chi connectivity index (χ2v) is 3.84. The lowest BCUT2D eigenvalue weighted by Crippen LogP contribution is -2.49. The zero-order valence-corrected chi connectivity index (χ0v) is 8.89. The number of amides is 2. The summed E-state index contributed by atoms with van der Waals surface area (Å²) in [4.78, 5) is 21.6. The number of carbonyl (C=O) groups excluding carboxylic acids is 1. The molecule has 0 saturated heterocycles. The number of urea groups is 1. The first-order valence-electron chi connectivity index (χ1n) is 4.65. The molecule has 5 nitrogen and oxygen atoms in total. The Morgan fingerprint density at radius 3 is 2.36 bits per heavy atom. The molecule has 3 N–H and O–H groups in total. The van der Waals surface area contributed by atoms with Crippen molar-refractivity contribution in [2.75, 3.05) is 6.54 Å². The molecule has 0 heterocycles. The fourth-order valence-corrected chi connectivity index (χ4v) is 1.01. The number of hydrogen-bond donors (Lipinski definition) is 3. The van der Waals surface area contributed by atoms with Crippen molar-refractivity contribution in [3.05, 3.63) is 0 Å². The smallest absolute Gasteiger partial charge is 0.315 e. The van der Waals surface area contributed by atoms with E-state index < -0.39 is 11.5 Å². The maximum Gasteiger partial charge on any atom is 0.315 e. The van der Waals surface area contributed by atoms with E-state index in [4.69, 9.17) is 5.11 Å². The Labute approximate surface area is 83.9 Å². The molecule has 82 valence electrons. The van der Waals surface area contributed by atoms with Crippen LogP contribution in [0.15, 0.2) is 0 Å². The Morgan fingerprint density at radius 2 is 1.93 bits per heavy atom. The lowest BCUT2D eigenvalue weighted by atomic mass is 10.0. The molecular weight excluding hydrogens is 184 g/mol. The predicted molar refractivity (Wildman–Crippen MR) is 53.2 cm³/mol. The predicted octanol–water partition coefficient (Wildman–Crippen LogP) is 0.949.